The average molecular weight is 121 g/mol. The lowest BCUT2D eigenvalue weighted by Crippen LogP contribution is -1.93. The lowest BCUT2D eigenvalue weighted by molar-refractivity contribution is 0.803. The van der Waals surface area contributed by atoms with Gasteiger partial charge < -0.3 is 6.92 Å². The molecule has 1 atom stereocenters. The van der Waals surface area contributed by atoms with E-state index in [4.69, 9.17) is 0 Å². The molecule has 9 heavy (non-hydrogen) atoms. The van der Waals surface area contributed by atoms with E-state index in [2.05, 4.69) is 32.1 Å². The molecular formula is C9H13-. The summed E-state index contributed by atoms with van der Waals surface area (Å²) in [7, 11) is 0. The number of hydrogen-bond donors (Lipinski definition) is 0. The van der Waals surface area contributed by atoms with Crippen molar-refractivity contribution in [1.82, 2.24) is 0 Å². The molecule has 0 radical (unpaired) electrons. The summed E-state index contributed by atoms with van der Waals surface area (Å²) in [5.41, 5.74) is 1.45. The van der Waals surface area contributed by atoms with Gasteiger partial charge in [-0.15, -0.1) is 12.0 Å². The van der Waals surface area contributed by atoms with Crippen LogP contribution < -0.4 is 0 Å². The first-order valence-corrected chi connectivity index (χ1v) is 3.53. The zero-order valence-corrected chi connectivity index (χ0v) is 5.93. The molecule has 0 aromatic heterocycles. The molecule has 0 saturated heterocycles. The average Bonchev–Trinajstić information content (AvgIpc) is 1.90. The predicted octanol–water partition coefficient (Wildman–Crippen LogP) is 2.73. The van der Waals surface area contributed by atoms with E-state index < -0.39 is 0 Å². The van der Waals surface area contributed by atoms with Crippen LogP contribution in [0.4, 0.5) is 0 Å². The van der Waals surface area contributed by atoms with Gasteiger partial charge in [0.2, 0.25) is 0 Å². The van der Waals surface area contributed by atoms with Gasteiger partial charge in [0.15, 0.2) is 0 Å². The summed E-state index contributed by atoms with van der Waals surface area (Å²) in [6.07, 6.45) is 8.92. The molecule has 0 N–H and O–H groups in total. The second-order valence-electron chi connectivity index (χ2n) is 2.49. The highest BCUT2D eigenvalue weighted by molar-refractivity contribution is 5.23. The third-order valence-corrected chi connectivity index (χ3v) is 1.67. The quantitative estimate of drug-likeness (QED) is 0.468. The molecule has 0 fully saturated rings. The van der Waals surface area contributed by atoms with Crippen LogP contribution in [0.2, 0.25) is 0 Å². The fourth-order valence-corrected chi connectivity index (χ4v) is 0.971. The Morgan fingerprint density at radius 2 is 2.56 bits per heavy atom. The minimum Gasteiger partial charge on any atom is -0.336 e. The summed E-state index contributed by atoms with van der Waals surface area (Å²) >= 11 is 0. The van der Waals surface area contributed by atoms with Gasteiger partial charge in [0.05, 0.1) is 0 Å². The van der Waals surface area contributed by atoms with Crippen LogP contribution in [0.25, 0.3) is 0 Å². The second-order valence-corrected chi connectivity index (χ2v) is 2.49. The van der Waals surface area contributed by atoms with Gasteiger partial charge >= 0.3 is 0 Å². The Morgan fingerprint density at radius 3 is 3.00 bits per heavy atom. The normalized spacial score (nSPS) is 26.0. The molecule has 50 valence electrons. The van der Waals surface area contributed by atoms with Crippen LogP contribution in [0.1, 0.15) is 19.8 Å². The molecule has 0 aromatic rings. The number of allylic oxidation sites excluding steroid dienone is 4. The lowest BCUT2D eigenvalue weighted by Gasteiger charge is -2.14. The molecule has 0 bridgehead atoms. The van der Waals surface area contributed by atoms with Gasteiger partial charge in [0.25, 0.3) is 0 Å². The molecule has 0 saturated carbocycles. The number of rotatable bonds is 1. The van der Waals surface area contributed by atoms with E-state index in [1.165, 1.54) is 5.57 Å². The van der Waals surface area contributed by atoms with Gasteiger partial charge in [-0.1, -0.05) is 31.1 Å². The van der Waals surface area contributed by atoms with Crippen molar-refractivity contribution in [1.29, 1.82) is 0 Å². The van der Waals surface area contributed by atoms with E-state index in [1.54, 1.807) is 0 Å². The smallest absolute Gasteiger partial charge is 0.0311 e. The third kappa shape index (κ3) is 1.70. The van der Waals surface area contributed by atoms with E-state index >= 15 is 0 Å². The highest BCUT2D eigenvalue weighted by Crippen LogP contribution is 2.16. The standard InChI is InChI=1S/C9H13/c1-3-9-6-4-8(2)5-7-9/h4,6-8H,2-3,5H2,1H3/q-1. The Labute approximate surface area is 57.3 Å². The van der Waals surface area contributed by atoms with Gasteiger partial charge in [-0.3, -0.25) is 0 Å². The summed E-state index contributed by atoms with van der Waals surface area (Å²) in [6.45, 7) is 6.12. The van der Waals surface area contributed by atoms with Crippen LogP contribution >= 0.6 is 0 Å². The van der Waals surface area contributed by atoms with Crippen LogP contribution in [-0.4, -0.2) is 0 Å². The lowest BCUT2D eigenvalue weighted by atomic mass is 9.97. The third-order valence-electron chi connectivity index (χ3n) is 1.67. The summed E-state index contributed by atoms with van der Waals surface area (Å²) in [5, 5.41) is 0. The van der Waals surface area contributed by atoms with Gasteiger partial charge in [0.1, 0.15) is 0 Å². The molecule has 0 amide bonds. The fraction of sp³-hybridized carbons (Fsp3) is 0.444. The maximum atomic E-state index is 3.93. The molecule has 0 aliphatic heterocycles. The van der Waals surface area contributed by atoms with Crippen LogP contribution in [0.5, 0.6) is 0 Å². The van der Waals surface area contributed by atoms with Crippen molar-refractivity contribution < 1.29 is 0 Å². The summed E-state index contributed by atoms with van der Waals surface area (Å²) in [5.74, 6) is 0.514. The molecule has 0 nitrogen and oxygen atoms in total. The summed E-state index contributed by atoms with van der Waals surface area (Å²) in [6, 6.07) is 0. The monoisotopic (exact) mass is 121 g/mol. The Balaban J connectivity index is 2.52. The molecule has 1 unspecified atom stereocenters. The summed E-state index contributed by atoms with van der Waals surface area (Å²) < 4.78 is 0. The minimum absolute atomic E-state index is 0.514. The first-order chi connectivity index (χ1) is 4.33. The Kier molecular flexibility index (Phi) is 2.10. The molecule has 0 aromatic carbocycles. The largest absolute Gasteiger partial charge is 0.336 e. The zero-order valence-electron chi connectivity index (χ0n) is 5.93. The Hall–Kier alpha value is -0.520. The molecular weight excluding hydrogens is 108 g/mol. The highest BCUT2D eigenvalue weighted by atomic mass is 14.1. The van der Waals surface area contributed by atoms with Crippen molar-refractivity contribution in [3.63, 3.8) is 0 Å². The van der Waals surface area contributed by atoms with Crippen molar-refractivity contribution in [3.05, 3.63) is 30.7 Å². The van der Waals surface area contributed by atoms with Crippen molar-refractivity contribution in [2.24, 2.45) is 5.92 Å². The Morgan fingerprint density at radius 1 is 1.78 bits per heavy atom. The maximum Gasteiger partial charge on any atom is -0.0311 e. The molecule has 1 aliphatic carbocycles. The first kappa shape index (κ1) is 6.60. The molecule has 0 spiro atoms. The summed E-state index contributed by atoms with van der Waals surface area (Å²) in [4.78, 5) is 0. The number of hydrogen-bond acceptors (Lipinski definition) is 0. The molecule has 0 heteroatoms. The van der Waals surface area contributed by atoms with Crippen molar-refractivity contribution >= 4 is 0 Å². The van der Waals surface area contributed by atoms with E-state index in [-0.39, 0.29) is 0 Å². The van der Waals surface area contributed by atoms with Crippen molar-refractivity contribution in [2.45, 2.75) is 19.8 Å². The second kappa shape index (κ2) is 2.86. The van der Waals surface area contributed by atoms with E-state index in [9.17, 15) is 0 Å². The minimum atomic E-state index is 0.514. The van der Waals surface area contributed by atoms with Crippen LogP contribution in [0, 0.1) is 12.8 Å². The van der Waals surface area contributed by atoms with Crippen LogP contribution in [0.3, 0.4) is 0 Å². The van der Waals surface area contributed by atoms with Crippen molar-refractivity contribution in [3.8, 4) is 0 Å². The van der Waals surface area contributed by atoms with Gasteiger partial charge in [-0.2, -0.15) is 0 Å². The molecule has 1 rings (SSSR count). The van der Waals surface area contributed by atoms with E-state index in [0.29, 0.717) is 5.92 Å². The topological polar surface area (TPSA) is 0 Å². The zero-order chi connectivity index (χ0) is 6.69. The van der Waals surface area contributed by atoms with Gasteiger partial charge in [0, 0.05) is 0 Å². The van der Waals surface area contributed by atoms with Crippen LogP contribution in [-0.2, 0) is 0 Å². The fourth-order valence-electron chi connectivity index (χ4n) is 0.971. The van der Waals surface area contributed by atoms with Crippen molar-refractivity contribution in [2.75, 3.05) is 0 Å². The van der Waals surface area contributed by atoms with E-state index in [0.717, 1.165) is 12.8 Å². The maximum absolute atomic E-state index is 3.93. The van der Waals surface area contributed by atoms with Gasteiger partial charge in [-0.05, 0) is 6.42 Å². The molecule has 1 aliphatic rings. The first-order valence-electron chi connectivity index (χ1n) is 3.53. The SMILES string of the molecule is [CH2-]C1C=CC(CC)=CC1. The van der Waals surface area contributed by atoms with Gasteiger partial charge in [-0.25, -0.2) is 0 Å². The predicted molar refractivity (Wildman–Crippen MR) is 41.0 cm³/mol. The van der Waals surface area contributed by atoms with E-state index in [1.807, 2.05) is 0 Å². The molecule has 0 heterocycles. The van der Waals surface area contributed by atoms with Crippen LogP contribution in [0.15, 0.2) is 23.8 Å². The Bertz CT molecular complexity index is 140. The highest BCUT2D eigenvalue weighted by Gasteiger charge is 1.95.